The quantitative estimate of drug-likeness (QED) is 0.542. The molecule has 0 amide bonds. The maximum atomic E-state index is 4.17. The van der Waals surface area contributed by atoms with Gasteiger partial charge in [-0.3, -0.25) is 4.68 Å². The Morgan fingerprint density at radius 2 is 2.36 bits per heavy atom. The first-order chi connectivity index (χ1) is 5.33. The van der Waals surface area contributed by atoms with Crippen molar-refractivity contribution in [1.29, 1.82) is 0 Å². The summed E-state index contributed by atoms with van der Waals surface area (Å²) in [6, 6.07) is 0. The van der Waals surface area contributed by atoms with Crippen LogP contribution in [-0.2, 0) is 6.54 Å². The molecule has 11 heavy (non-hydrogen) atoms. The van der Waals surface area contributed by atoms with E-state index in [4.69, 9.17) is 0 Å². The summed E-state index contributed by atoms with van der Waals surface area (Å²) >= 11 is 4.17. The van der Waals surface area contributed by atoms with Crippen LogP contribution in [0.4, 0.5) is 0 Å². The molecule has 0 fully saturated rings. The van der Waals surface area contributed by atoms with Crippen LogP contribution < -0.4 is 0 Å². The largest absolute Gasteiger partial charge is 0.272 e. The smallest absolute Gasteiger partial charge is 0.0623 e. The van der Waals surface area contributed by atoms with E-state index in [1.54, 1.807) is 6.20 Å². The lowest BCUT2D eigenvalue weighted by molar-refractivity contribution is 0.552. The lowest BCUT2D eigenvalue weighted by Gasteiger charge is -1.98. The normalized spacial score (nSPS) is 10.4. The number of nitrogens with zero attached hydrogens (tertiary/aromatic N) is 2. The van der Waals surface area contributed by atoms with E-state index in [9.17, 15) is 0 Å². The Morgan fingerprint density at radius 1 is 1.55 bits per heavy atom. The van der Waals surface area contributed by atoms with Gasteiger partial charge in [0.05, 0.1) is 6.20 Å². The molecule has 0 saturated heterocycles. The minimum absolute atomic E-state index is 0.946. The second-order valence-corrected chi connectivity index (χ2v) is 3.19. The van der Waals surface area contributed by atoms with Crippen molar-refractivity contribution in [3.8, 4) is 0 Å². The molecule has 62 valence electrons. The number of hydrogen-bond acceptors (Lipinski definition) is 2. The van der Waals surface area contributed by atoms with Gasteiger partial charge in [-0.05, 0) is 6.42 Å². The maximum absolute atomic E-state index is 4.17. The number of aromatic nitrogens is 2. The van der Waals surface area contributed by atoms with Gasteiger partial charge in [-0.2, -0.15) is 5.10 Å². The molecule has 0 radical (unpaired) electrons. The van der Waals surface area contributed by atoms with Crippen LogP contribution in [-0.4, -0.2) is 9.78 Å². The van der Waals surface area contributed by atoms with E-state index in [1.807, 2.05) is 10.9 Å². The fourth-order valence-corrected chi connectivity index (χ4v) is 1.18. The van der Waals surface area contributed by atoms with E-state index >= 15 is 0 Å². The fourth-order valence-electron chi connectivity index (χ4n) is 0.999. The summed E-state index contributed by atoms with van der Waals surface area (Å²) < 4.78 is 1.94. The van der Waals surface area contributed by atoms with Crippen LogP contribution in [0, 0.1) is 0 Å². The van der Waals surface area contributed by atoms with Gasteiger partial charge < -0.3 is 0 Å². The van der Waals surface area contributed by atoms with Gasteiger partial charge in [0.2, 0.25) is 0 Å². The van der Waals surface area contributed by atoms with Crippen LogP contribution in [0.25, 0.3) is 0 Å². The minimum atomic E-state index is 0.946. The molecule has 1 aromatic rings. The number of rotatable bonds is 4. The average molecular weight is 170 g/mol. The minimum Gasteiger partial charge on any atom is -0.272 e. The molecule has 3 heteroatoms. The van der Waals surface area contributed by atoms with E-state index in [-0.39, 0.29) is 0 Å². The van der Waals surface area contributed by atoms with Crippen molar-refractivity contribution in [3.63, 3.8) is 0 Å². The van der Waals surface area contributed by atoms with Gasteiger partial charge in [0.1, 0.15) is 0 Å². The van der Waals surface area contributed by atoms with Gasteiger partial charge in [-0.25, -0.2) is 0 Å². The van der Waals surface area contributed by atoms with E-state index in [0.717, 1.165) is 11.4 Å². The monoisotopic (exact) mass is 170 g/mol. The lowest BCUT2D eigenvalue weighted by atomic mass is 10.2. The number of hydrogen-bond donors (Lipinski definition) is 1. The predicted octanol–water partition coefficient (Wildman–Crippen LogP) is 2.36. The van der Waals surface area contributed by atoms with Crippen molar-refractivity contribution in [2.75, 3.05) is 0 Å². The standard InChI is InChI=1S/C8H14N2S/c1-2-3-4-5-10-7-8(11)6-9-10/h6-7,11H,2-5H2,1H3. The Hall–Kier alpha value is -0.440. The number of aryl methyl sites for hydroxylation is 1. The topological polar surface area (TPSA) is 17.8 Å². The van der Waals surface area contributed by atoms with Crippen molar-refractivity contribution in [3.05, 3.63) is 12.4 Å². The predicted molar refractivity (Wildman–Crippen MR) is 49.0 cm³/mol. The molecule has 2 nitrogen and oxygen atoms in total. The summed E-state index contributed by atoms with van der Waals surface area (Å²) in [6.45, 7) is 3.22. The van der Waals surface area contributed by atoms with Gasteiger partial charge in [-0.15, -0.1) is 12.6 Å². The molecule has 0 atom stereocenters. The van der Waals surface area contributed by atoms with Crippen LogP contribution in [0.1, 0.15) is 26.2 Å². The van der Waals surface area contributed by atoms with Crippen LogP contribution in [0.3, 0.4) is 0 Å². The Balaban J connectivity index is 2.27. The van der Waals surface area contributed by atoms with Crippen LogP contribution in [0.15, 0.2) is 17.3 Å². The number of thiol groups is 1. The highest BCUT2D eigenvalue weighted by molar-refractivity contribution is 7.80. The van der Waals surface area contributed by atoms with Gasteiger partial charge in [-0.1, -0.05) is 19.8 Å². The third-order valence-corrected chi connectivity index (χ3v) is 1.84. The molecule has 0 bridgehead atoms. The van der Waals surface area contributed by atoms with Gasteiger partial charge in [0.25, 0.3) is 0 Å². The highest BCUT2D eigenvalue weighted by atomic mass is 32.1. The molecule has 1 aromatic heterocycles. The van der Waals surface area contributed by atoms with Crippen molar-refractivity contribution in [2.24, 2.45) is 0 Å². The highest BCUT2D eigenvalue weighted by Crippen LogP contribution is 2.04. The first-order valence-electron chi connectivity index (χ1n) is 4.04. The summed E-state index contributed by atoms with van der Waals surface area (Å²) in [5, 5.41) is 4.13. The highest BCUT2D eigenvalue weighted by Gasteiger charge is 1.92. The molecular weight excluding hydrogens is 156 g/mol. The molecule has 0 aromatic carbocycles. The molecule has 0 aliphatic carbocycles. The van der Waals surface area contributed by atoms with Crippen molar-refractivity contribution >= 4 is 12.6 Å². The molecule has 0 saturated carbocycles. The molecule has 1 heterocycles. The Labute approximate surface area is 73.0 Å². The average Bonchev–Trinajstić information content (AvgIpc) is 2.37. The first kappa shape index (κ1) is 8.65. The third-order valence-electron chi connectivity index (χ3n) is 1.61. The van der Waals surface area contributed by atoms with Crippen LogP contribution in [0.2, 0.25) is 0 Å². The second-order valence-electron chi connectivity index (χ2n) is 2.67. The summed E-state index contributed by atoms with van der Waals surface area (Å²) in [7, 11) is 0. The molecular formula is C8H14N2S. The molecule has 1 rings (SSSR count). The Morgan fingerprint density at radius 3 is 2.91 bits per heavy atom. The summed E-state index contributed by atoms with van der Waals surface area (Å²) in [5.74, 6) is 0. The van der Waals surface area contributed by atoms with Crippen LogP contribution >= 0.6 is 12.6 Å². The van der Waals surface area contributed by atoms with Gasteiger partial charge in [0, 0.05) is 17.6 Å². The van der Waals surface area contributed by atoms with Gasteiger partial charge in [0.15, 0.2) is 0 Å². The molecule has 0 spiro atoms. The fraction of sp³-hybridized carbons (Fsp3) is 0.625. The zero-order valence-corrected chi connectivity index (χ0v) is 7.72. The van der Waals surface area contributed by atoms with Crippen molar-refractivity contribution in [1.82, 2.24) is 9.78 Å². The van der Waals surface area contributed by atoms with Crippen molar-refractivity contribution in [2.45, 2.75) is 37.6 Å². The zero-order chi connectivity index (χ0) is 8.10. The number of unbranched alkanes of at least 4 members (excludes halogenated alkanes) is 2. The first-order valence-corrected chi connectivity index (χ1v) is 4.49. The molecule has 0 aliphatic rings. The SMILES string of the molecule is CCCCCn1cc(S)cn1. The van der Waals surface area contributed by atoms with E-state index in [1.165, 1.54) is 19.3 Å². The Bertz CT molecular complexity index is 208. The molecule has 0 aliphatic heterocycles. The zero-order valence-electron chi connectivity index (χ0n) is 6.82. The Kier molecular flexibility index (Phi) is 3.49. The maximum Gasteiger partial charge on any atom is 0.0623 e. The second kappa shape index (κ2) is 4.44. The third kappa shape index (κ3) is 2.97. The van der Waals surface area contributed by atoms with Crippen molar-refractivity contribution < 1.29 is 0 Å². The lowest BCUT2D eigenvalue weighted by Crippen LogP contribution is -1.97. The summed E-state index contributed by atoms with van der Waals surface area (Å²) in [4.78, 5) is 0.946. The van der Waals surface area contributed by atoms with E-state index in [0.29, 0.717) is 0 Å². The van der Waals surface area contributed by atoms with E-state index in [2.05, 4.69) is 24.7 Å². The summed E-state index contributed by atoms with van der Waals surface area (Å²) in [6.07, 6.45) is 7.48. The summed E-state index contributed by atoms with van der Waals surface area (Å²) in [5.41, 5.74) is 0. The molecule has 0 unspecified atom stereocenters. The van der Waals surface area contributed by atoms with Crippen LogP contribution in [0.5, 0.6) is 0 Å². The van der Waals surface area contributed by atoms with E-state index < -0.39 is 0 Å². The molecule has 0 N–H and O–H groups in total. The van der Waals surface area contributed by atoms with Gasteiger partial charge >= 0.3 is 0 Å².